The number of rotatable bonds is 2. The van der Waals surface area contributed by atoms with Crippen LogP contribution in [-0.2, 0) is 14.4 Å². The molecule has 1 saturated heterocycles. The van der Waals surface area contributed by atoms with Gasteiger partial charge in [0.15, 0.2) is 6.29 Å². The predicted octanol–water partition coefficient (Wildman–Crippen LogP) is 1.26. The molecule has 0 spiro atoms. The highest BCUT2D eigenvalue weighted by Gasteiger charge is 2.21. The molecule has 68 valence electrons. The molecule has 0 aromatic rings. The molecular weight excluding hydrogens is 148 g/mol. The summed E-state index contributed by atoms with van der Waals surface area (Å²) < 4.78 is 10.1. The van der Waals surface area contributed by atoms with Gasteiger partial charge in [0, 0.05) is 0 Å². The van der Waals surface area contributed by atoms with Crippen molar-refractivity contribution in [2.75, 3.05) is 13.2 Å². The van der Waals surface area contributed by atoms with Gasteiger partial charge in [0.25, 0.3) is 0 Å². The van der Waals surface area contributed by atoms with Crippen LogP contribution < -0.4 is 0 Å². The Morgan fingerprint density at radius 1 is 1.55 bits per heavy atom. The van der Waals surface area contributed by atoms with Crippen LogP contribution in [0.5, 0.6) is 0 Å². The van der Waals surface area contributed by atoms with Gasteiger partial charge in [0.2, 0.25) is 0 Å². The molecule has 1 rings (SSSR count). The smallest absolute Gasteiger partial charge is 0.184 e. The Balaban J connectivity index is 0.000000461. The Morgan fingerprint density at radius 2 is 2.18 bits per heavy atom. The fourth-order valence-electron chi connectivity index (χ4n) is 0.729. The molecule has 0 amide bonds. The maximum atomic E-state index is 7.95. The van der Waals surface area contributed by atoms with E-state index in [4.69, 9.17) is 14.7 Å². The van der Waals surface area contributed by atoms with Crippen LogP contribution in [0.15, 0.2) is 0 Å². The van der Waals surface area contributed by atoms with E-state index in [1.54, 1.807) is 0 Å². The monoisotopic (exact) mass is 164 g/mol. The van der Waals surface area contributed by atoms with Gasteiger partial charge in [-0.05, 0) is 6.92 Å². The summed E-state index contributed by atoms with van der Waals surface area (Å²) in [5.74, 6) is 0. The maximum Gasteiger partial charge on any atom is 0.184 e. The standard InChI is InChI=1S/C5H10O4.C2H6/c1-4-2-7-5(9-4)3-8-6;1-2/h4-6H,2-3H2,1H3;1-2H3. The van der Waals surface area contributed by atoms with Gasteiger partial charge >= 0.3 is 0 Å². The fraction of sp³-hybridized carbons (Fsp3) is 1.00. The first-order valence-electron chi connectivity index (χ1n) is 3.86. The van der Waals surface area contributed by atoms with E-state index in [1.165, 1.54) is 0 Å². The maximum absolute atomic E-state index is 7.95. The molecule has 0 aliphatic carbocycles. The predicted molar refractivity (Wildman–Crippen MR) is 40.2 cm³/mol. The molecule has 1 N–H and O–H groups in total. The second-order valence-corrected chi connectivity index (χ2v) is 2.01. The summed E-state index contributed by atoms with van der Waals surface area (Å²) in [6.45, 7) is 6.57. The van der Waals surface area contributed by atoms with E-state index in [9.17, 15) is 0 Å². The molecule has 0 saturated carbocycles. The van der Waals surface area contributed by atoms with Crippen LogP contribution in [0.4, 0.5) is 0 Å². The van der Waals surface area contributed by atoms with Crippen LogP contribution in [0.2, 0.25) is 0 Å². The van der Waals surface area contributed by atoms with Crippen molar-refractivity contribution < 1.29 is 19.6 Å². The molecule has 1 aliphatic heterocycles. The molecule has 1 fully saturated rings. The Hall–Kier alpha value is -0.160. The lowest BCUT2D eigenvalue weighted by Crippen LogP contribution is -2.15. The van der Waals surface area contributed by atoms with Crippen molar-refractivity contribution >= 4 is 0 Å². The lowest BCUT2D eigenvalue weighted by molar-refractivity contribution is -0.278. The first-order valence-corrected chi connectivity index (χ1v) is 3.86. The zero-order chi connectivity index (χ0) is 8.69. The molecule has 11 heavy (non-hydrogen) atoms. The van der Waals surface area contributed by atoms with Crippen LogP contribution >= 0.6 is 0 Å². The number of hydrogen-bond donors (Lipinski definition) is 1. The minimum atomic E-state index is -0.384. The minimum Gasteiger partial charge on any atom is -0.347 e. The summed E-state index contributed by atoms with van der Waals surface area (Å²) in [5, 5.41) is 7.95. The third-order valence-corrected chi connectivity index (χ3v) is 1.11. The first kappa shape index (κ1) is 10.8. The van der Waals surface area contributed by atoms with Crippen LogP contribution in [-0.4, -0.2) is 30.9 Å². The third kappa shape index (κ3) is 4.31. The minimum absolute atomic E-state index is 0.0876. The summed E-state index contributed by atoms with van der Waals surface area (Å²) in [6.07, 6.45) is -0.268. The van der Waals surface area contributed by atoms with Crippen LogP contribution in [0.1, 0.15) is 20.8 Å². The van der Waals surface area contributed by atoms with Gasteiger partial charge < -0.3 is 9.47 Å². The molecular formula is C7H16O4. The summed E-state index contributed by atoms with van der Waals surface area (Å²) in [4.78, 5) is 3.82. The molecule has 2 unspecified atom stereocenters. The lowest BCUT2D eigenvalue weighted by Gasteiger charge is -2.05. The van der Waals surface area contributed by atoms with Crippen molar-refractivity contribution in [1.29, 1.82) is 0 Å². The van der Waals surface area contributed by atoms with Gasteiger partial charge in [0.1, 0.15) is 6.61 Å². The SMILES string of the molecule is CC.CC1COC(COO)O1. The highest BCUT2D eigenvalue weighted by molar-refractivity contribution is 4.57. The largest absolute Gasteiger partial charge is 0.347 e. The molecule has 0 aromatic carbocycles. The first-order chi connectivity index (χ1) is 5.33. The molecule has 1 aliphatic rings. The molecule has 4 heteroatoms. The summed E-state index contributed by atoms with van der Waals surface area (Å²) in [7, 11) is 0. The molecule has 0 radical (unpaired) electrons. The average molecular weight is 164 g/mol. The van der Waals surface area contributed by atoms with Crippen LogP contribution in [0.25, 0.3) is 0 Å². The topological polar surface area (TPSA) is 47.9 Å². The number of ether oxygens (including phenoxy) is 2. The quantitative estimate of drug-likeness (QED) is 0.493. The zero-order valence-corrected chi connectivity index (χ0v) is 7.24. The second kappa shape index (κ2) is 6.54. The summed E-state index contributed by atoms with van der Waals surface area (Å²) in [5.41, 5.74) is 0. The Kier molecular flexibility index (Phi) is 6.45. The Labute approximate surface area is 67.0 Å². The molecule has 1 heterocycles. The van der Waals surface area contributed by atoms with E-state index in [2.05, 4.69) is 4.89 Å². The van der Waals surface area contributed by atoms with Gasteiger partial charge in [-0.2, -0.15) is 0 Å². The van der Waals surface area contributed by atoms with Crippen molar-refractivity contribution in [2.45, 2.75) is 33.2 Å². The third-order valence-electron chi connectivity index (χ3n) is 1.11. The van der Waals surface area contributed by atoms with E-state index in [1.807, 2.05) is 20.8 Å². The fourth-order valence-corrected chi connectivity index (χ4v) is 0.729. The van der Waals surface area contributed by atoms with E-state index in [0.717, 1.165) is 0 Å². The average Bonchev–Trinajstić information content (AvgIpc) is 2.41. The van der Waals surface area contributed by atoms with Gasteiger partial charge in [-0.1, -0.05) is 13.8 Å². The van der Waals surface area contributed by atoms with Gasteiger partial charge in [-0.15, -0.1) is 0 Å². The number of hydrogen-bond acceptors (Lipinski definition) is 4. The lowest BCUT2D eigenvalue weighted by atomic mass is 10.5. The highest BCUT2D eigenvalue weighted by atomic mass is 17.1. The molecule has 2 atom stereocenters. The molecule has 4 nitrogen and oxygen atoms in total. The highest BCUT2D eigenvalue weighted by Crippen LogP contribution is 2.09. The van der Waals surface area contributed by atoms with Crippen molar-refractivity contribution in [3.8, 4) is 0 Å². The summed E-state index contributed by atoms with van der Waals surface area (Å²) >= 11 is 0. The van der Waals surface area contributed by atoms with Crippen molar-refractivity contribution in [3.05, 3.63) is 0 Å². The second-order valence-electron chi connectivity index (χ2n) is 2.01. The summed E-state index contributed by atoms with van der Waals surface area (Å²) in [6, 6.07) is 0. The van der Waals surface area contributed by atoms with E-state index < -0.39 is 0 Å². The molecule has 0 bridgehead atoms. The van der Waals surface area contributed by atoms with Crippen LogP contribution in [0, 0.1) is 0 Å². The van der Waals surface area contributed by atoms with E-state index in [-0.39, 0.29) is 19.0 Å². The van der Waals surface area contributed by atoms with E-state index in [0.29, 0.717) is 6.61 Å². The van der Waals surface area contributed by atoms with Crippen molar-refractivity contribution in [3.63, 3.8) is 0 Å². The van der Waals surface area contributed by atoms with E-state index >= 15 is 0 Å². The van der Waals surface area contributed by atoms with Crippen LogP contribution in [0.3, 0.4) is 0 Å². The zero-order valence-electron chi connectivity index (χ0n) is 7.24. The van der Waals surface area contributed by atoms with Crippen molar-refractivity contribution in [1.82, 2.24) is 0 Å². The Bertz CT molecular complexity index is 84.5. The Morgan fingerprint density at radius 3 is 2.55 bits per heavy atom. The normalized spacial score (nSPS) is 29.5. The van der Waals surface area contributed by atoms with Gasteiger partial charge in [0.05, 0.1) is 12.7 Å². The van der Waals surface area contributed by atoms with Gasteiger partial charge in [-0.3, -0.25) is 5.26 Å². The molecule has 0 aromatic heterocycles. The van der Waals surface area contributed by atoms with Crippen molar-refractivity contribution in [2.24, 2.45) is 0 Å². The van der Waals surface area contributed by atoms with Gasteiger partial charge in [-0.25, -0.2) is 4.89 Å².